The number of rotatable bonds is 5. The minimum atomic E-state index is -0.204. The summed E-state index contributed by atoms with van der Waals surface area (Å²) in [4.78, 5) is 12.2. The van der Waals surface area contributed by atoms with E-state index in [1.165, 1.54) is 23.5 Å². The molecule has 5 nitrogen and oxygen atoms in total. The van der Waals surface area contributed by atoms with Gasteiger partial charge in [-0.2, -0.15) is 5.10 Å². The molecule has 146 valence electrons. The lowest BCUT2D eigenvalue weighted by Gasteiger charge is -2.07. The molecule has 0 radical (unpaired) electrons. The number of aryl methyl sites for hydroxylation is 1. The van der Waals surface area contributed by atoms with E-state index in [1.54, 1.807) is 0 Å². The summed E-state index contributed by atoms with van der Waals surface area (Å²) in [5.74, 6) is 1.25. The van der Waals surface area contributed by atoms with E-state index in [0.717, 1.165) is 16.9 Å². The molecular formula is C22H18ClN3O2S. The molecule has 0 saturated carbocycles. The summed E-state index contributed by atoms with van der Waals surface area (Å²) < 4.78 is 5.75. The minimum absolute atomic E-state index is 0.0461. The minimum Gasteiger partial charge on any atom is -0.455 e. The predicted octanol–water partition coefficient (Wildman–Crippen LogP) is 5.07. The molecule has 1 aliphatic rings. The molecule has 2 aromatic carbocycles. The van der Waals surface area contributed by atoms with Crippen molar-refractivity contribution < 1.29 is 9.21 Å². The molecule has 1 N–H and O–H groups in total. The number of carbonyl (C=O) groups is 1. The molecule has 1 unspecified atom stereocenters. The zero-order valence-electron chi connectivity index (χ0n) is 15.6. The van der Waals surface area contributed by atoms with Crippen molar-refractivity contribution >= 4 is 40.7 Å². The SMILES string of the molecule is Cc1ccccc1CC1S/C(=N/N=C/c2ccc(-c3ccc(Cl)cc3)o2)NC1=O. The molecule has 1 aliphatic heterocycles. The molecule has 1 fully saturated rings. The van der Waals surface area contributed by atoms with E-state index in [-0.39, 0.29) is 11.2 Å². The Labute approximate surface area is 177 Å². The normalized spacial score (nSPS) is 17.9. The molecule has 4 rings (SSSR count). The third-order valence-electron chi connectivity index (χ3n) is 4.53. The van der Waals surface area contributed by atoms with E-state index in [9.17, 15) is 4.79 Å². The van der Waals surface area contributed by atoms with Crippen molar-refractivity contribution in [3.63, 3.8) is 0 Å². The van der Waals surface area contributed by atoms with Crippen molar-refractivity contribution in [2.75, 3.05) is 0 Å². The maximum Gasteiger partial charge on any atom is 0.239 e. The van der Waals surface area contributed by atoms with Crippen LogP contribution in [0.4, 0.5) is 0 Å². The molecule has 0 aliphatic carbocycles. The van der Waals surface area contributed by atoms with Gasteiger partial charge in [0.1, 0.15) is 11.5 Å². The smallest absolute Gasteiger partial charge is 0.239 e. The Morgan fingerprint density at radius 2 is 1.93 bits per heavy atom. The Kier molecular flexibility index (Phi) is 5.83. The van der Waals surface area contributed by atoms with Gasteiger partial charge in [0.25, 0.3) is 0 Å². The average molecular weight is 424 g/mol. The van der Waals surface area contributed by atoms with Gasteiger partial charge in [-0.05, 0) is 60.9 Å². The Bertz CT molecular complexity index is 1090. The van der Waals surface area contributed by atoms with Crippen LogP contribution >= 0.6 is 23.4 Å². The molecule has 7 heteroatoms. The van der Waals surface area contributed by atoms with Gasteiger partial charge >= 0.3 is 0 Å². The Morgan fingerprint density at radius 1 is 1.14 bits per heavy atom. The number of amidine groups is 1. The Balaban J connectivity index is 1.39. The fourth-order valence-corrected chi connectivity index (χ4v) is 4.03. The van der Waals surface area contributed by atoms with Crippen molar-refractivity contribution in [1.29, 1.82) is 0 Å². The van der Waals surface area contributed by atoms with Crippen LogP contribution in [0.5, 0.6) is 0 Å². The van der Waals surface area contributed by atoms with Crippen LogP contribution in [-0.4, -0.2) is 22.5 Å². The van der Waals surface area contributed by atoms with Crippen LogP contribution in [0.25, 0.3) is 11.3 Å². The quantitative estimate of drug-likeness (QED) is 0.460. The highest BCUT2D eigenvalue weighted by Crippen LogP contribution is 2.25. The molecule has 29 heavy (non-hydrogen) atoms. The van der Waals surface area contributed by atoms with Gasteiger partial charge in [0, 0.05) is 10.6 Å². The van der Waals surface area contributed by atoms with Crippen LogP contribution in [0.2, 0.25) is 5.02 Å². The summed E-state index contributed by atoms with van der Waals surface area (Å²) in [6.07, 6.45) is 2.18. The maximum atomic E-state index is 12.2. The van der Waals surface area contributed by atoms with Crippen LogP contribution in [-0.2, 0) is 11.2 Å². The molecule has 1 saturated heterocycles. The number of amides is 1. The average Bonchev–Trinajstić information content (AvgIpc) is 3.31. The van der Waals surface area contributed by atoms with E-state index in [0.29, 0.717) is 22.4 Å². The van der Waals surface area contributed by atoms with Gasteiger partial charge in [-0.3, -0.25) is 4.79 Å². The Morgan fingerprint density at radius 3 is 2.72 bits per heavy atom. The number of halogens is 1. The first-order chi connectivity index (χ1) is 14.1. The zero-order valence-corrected chi connectivity index (χ0v) is 17.2. The summed E-state index contributed by atoms with van der Waals surface area (Å²) in [5.41, 5.74) is 3.27. The predicted molar refractivity (Wildman–Crippen MR) is 119 cm³/mol. The molecule has 0 bridgehead atoms. The second-order valence-corrected chi connectivity index (χ2v) is 8.21. The first-order valence-electron chi connectivity index (χ1n) is 9.07. The number of nitrogens with zero attached hydrogens (tertiary/aromatic N) is 2. The molecule has 1 amide bonds. The van der Waals surface area contributed by atoms with Gasteiger partial charge in [-0.1, -0.05) is 47.6 Å². The fraction of sp³-hybridized carbons (Fsp3) is 0.136. The van der Waals surface area contributed by atoms with Gasteiger partial charge in [0.2, 0.25) is 5.91 Å². The summed E-state index contributed by atoms with van der Waals surface area (Å²) >= 11 is 7.30. The number of furan rings is 1. The Hall–Kier alpha value is -2.83. The lowest BCUT2D eigenvalue weighted by molar-refractivity contribution is -0.118. The lowest BCUT2D eigenvalue weighted by atomic mass is 10.0. The van der Waals surface area contributed by atoms with Crippen LogP contribution in [0, 0.1) is 6.92 Å². The summed E-state index contributed by atoms with van der Waals surface area (Å²) in [5, 5.41) is 11.9. The van der Waals surface area contributed by atoms with Crippen LogP contribution in [0.1, 0.15) is 16.9 Å². The third kappa shape index (κ3) is 4.78. The number of hydrogen-bond donors (Lipinski definition) is 1. The van der Waals surface area contributed by atoms with Crippen molar-refractivity contribution in [2.45, 2.75) is 18.6 Å². The highest BCUT2D eigenvalue weighted by molar-refractivity contribution is 8.15. The number of benzene rings is 2. The molecule has 1 atom stereocenters. The van der Waals surface area contributed by atoms with E-state index in [2.05, 4.69) is 15.5 Å². The number of carbonyl (C=O) groups excluding carboxylic acids is 1. The topological polar surface area (TPSA) is 67.0 Å². The standard InChI is InChI=1S/C22H18ClN3O2S/c1-14-4-2-3-5-16(14)12-20-21(27)25-22(29-20)26-24-13-18-10-11-19(28-18)15-6-8-17(23)9-7-15/h2-11,13,20H,12H2,1H3,(H,25,26,27)/b24-13+. The molecule has 3 aromatic rings. The van der Waals surface area contributed by atoms with Crippen molar-refractivity contribution in [3.8, 4) is 11.3 Å². The van der Waals surface area contributed by atoms with Gasteiger partial charge in [0.15, 0.2) is 5.17 Å². The molecule has 2 heterocycles. The third-order valence-corrected chi connectivity index (χ3v) is 5.86. The lowest BCUT2D eigenvalue weighted by Crippen LogP contribution is -2.26. The second kappa shape index (κ2) is 8.68. The van der Waals surface area contributed by atoms with E-state index in [1.807, 2.05) is 67.6 Å². The number of thioether (sulfide) groups is 1. The number of nitrogens with one attached hydrogen (secondary N) is 1. The van der Waals surface area contributed by atoms with Crippen LogP contribution < -0.4 is 5.32 Å². The van der Waals surface area contributed by atoms with Crippen molar-refractivity contribution in [1.82, 2.24) is 5.32 Å². The monoisotopic (exact) mass is 423 g/mol. The molecular weight excluding hydrogens is 406 g/mol. The number of hydrogen-bond acceptors (Lipinski definition) is 5. The summed E-state index contributed by atoms with van der Waals surface area (Å²) in [7, 11) is 0. The molecule has 0 spiro atoms. The van der Waals surface area contributed by atoms with Crippen molar-refractivity contribution in [3.05, 3.63) is 82.6 Å². The second-order valence-electron chi connectivity index (χ2n) is 6.58. The van der Waals surface area contributed by atoms with Gasteiger partial charge in [-0.25, -0.2) is 0 Å². The highest BCUT2D eigenvalue weighted by Gasteiger charge is 2.30. The van der Waals surface area contributed by atoms with E-state index < -0.39 is 0 Å². The summed E-state index contributed by atoms with van der Waals surface area (Å²) in [6, 6.07) is 19.2. The van der Waals surface area contributed by atoms with Crippen LogP contribution in [0.15, 0.2) is 75.3 Å². The first kappa shape index (κ1) is 19.5. The fourth-order valence-electron chi connectivity index (χ4n) is 2.96. The first-order valence-corrected chi connectivity index (χ1v) is 10.3. The largest absolute Gasteiger partial charge is 0.455 e. The zero-order chi connectivity index (χ0) is 20.2. The highest BCUT2D eigenvalue weighted by atomic mass is 35.5. The van der Waals surface area contributed by atoms with E-state index in [4.69, 9.17) is 16.0 Å². The summed E-state index contributed by atoms with van der Waals surface area (Å²) in [6.45, 7) is 2.05. The molecule has 1 aromatic heterocycles. The van der Waals surface area contributed by atoms with Crippen molar-refractivity contribution in [2.24, 2.45) is 10.2 Å². The van der Waals surface area contributed by atoms with E-state index >= 15 is 0 Å². The van der Waals surface area contributed by atoms with Gasteiger partial charge in [-0.15, -0.1) is 5.10 Å². The van der Waals surface area contributed by atoms with Crippen LogP contribution in [0.3, 0.4) is 0 Å². The maximum absolute atomic E-state index is 12.2. The van der Waals surface area contributed by atoms with Gasteiger partial charge < -0.3 is 9.73 Å². The van der Waals surface area contributed by atoms with Gasteiger partial charge in [0.05, 0.1) is 11.5 Å².